The Kier molecular flexibility index (Phi) is 3.08. The molecule has 0 amide bonds. The van der Waals surface area contributed by atoms with Gasteiger partial charge in [-0.15, -0.1) is 0 Å². The van der Waals surface area contributed by atoms with Gasteiger partial charge in [0, 0.05) is 22.5 Å². The summed E-state index contributed by atoms with van der Waals surface area (Å²) in [5.74, 6) is 0. The summed E-state index contributed by atoms with van der Waals surface area (Å²) in [5, 5.41) is 1.16. The zero-order valence-corrected chi connectivity index (χ0v) is 11.5. The minimum absolute atomic E-state index is 0.0505. The van der Waals surface area contributed by atoms with Crippen molar-refractivity contribution in [1.82, 2.24) is 0 Å². The maximum atomic E-state index is 5.59. The van der Waals surface area contributed by atoms with E-state index in [9.17, 15) is 0 Å². The first-order chi connectivity index (χ1) is 7.56. The number of hydrogen-bond donors (Lipinski definition) is 0. The van der Waals surface area contributed by atoms with E-state index < -0.39 is 0 Å². The molecule has 0 saturated carbocycles. The van der Waals surface area contributed by atoms with Crippen molar-refractivity contribution in [3.05, 3.63) is 33.5 Å². The maximum absolute atomic E-state index is 5.59. The lowest BCUT2D eigenvalue weighted by molar-refractivity contribution is 0.120. The van der Waals surface area contributed by atoms with Crippen LogP contribution in [0.5, 0.6) is 0 Å². The highest BCUT2D eigenvalue weighted by Crippen LogP contribution is 2.35. The van der Waals surface area contributed by atoms with Crippen LogP contribution in [0.2, 0.25) is 0 Å². The average molecular weight is 283 g/mol. The second-order valence-corrected chi connectivity index (χ2v) is 4.87. The fourth-order valence-electron chi connectivity index (χ4n) is 1.99. The van der Waals surface area contributed by atoms with Crippen molar-refractivity contribution in [1.29, 1.82) is 0 Å². The van der Waals surface area contributed by atoms with Crippen molar-refractivity contribution < 1.29 is 9.15 Å². The Hall–Kier alpha value is -0.800. The van der Waals surface area contributed by atoms with Gasteiger partial charge in [0.1, 0.15) is 5.58 Å². The fraction of sp³-hybridized carbons (Fsp3) is 0.385. The normalized spacial score (nSPS) is 13.3. The van der Waals surface area contributed by atoms with E-state index in [-0.39, 0.29) is 6.10 Å². The van der Waals surface area contributed by atoms with Crippen LogP contribution in [0.4, 0.5) is 0 Å². The zero-order chi connectivity index (χ0) is 11.9. The third-order valence-electron chi connectivity index (χ3n) is 3.04. The number of furan rings is 1. The molecule has 2 aromatic rings. The lowest BCUT2D eigenvalue weighted by Gasteiger charge is -2.10. The van der Waals surface area contributed by atoms with Crippen molar-refractivity contribution in [3.63, 3.8) is 0 Å². The molecule has 0 saturated heterocycles. The van der Waals surface area contributed by atoms with Crippen LogP contribution in [0.15, 0.2) is 21.2 Å². The molecule has 16 heavy (non-hydrogen) atoms. The second kappa shape index (κ2) is 4.22. The number of rotatable bonds is 2. The topological polar surface area (TPSA) is 22.4 Å². The summed E-state index contributed by atoms with van der Waals surface area (Å²) < 4.78 is 12.1. The van der Waals surface area contributed by atoms with Gasteiger partial charge in [0.25, 0.3) is 0 Å². The van der Waals surface area contributed by atoms with E-state index in [2.05, 4.69) is 35.8 Å². The predicted molar refractivity (Wildman–Crippen MR) is 68.8 cm³/mol. The van der Waals surface area contributed by atoms with E-state index in [0.717, 1.165) is 21.0 Å². The van der Waals surface area contributed by atoms with E-state index in [0.29, 0.717) is 0 Å². The fourth-order valence-corrected chi connectivity index (χ4v) is 2.30. The molecular formula is C13H15BrO2. The first kappa shape index (κ1) is 11.7. The van der Waals surface area contributed by atoms with Crippen LogP contribution in [-0.4, -0.2) is 7.11 Å². The van der Waals surface area contributed by atoms with Crippen molar-refractivity contribution >= 4 is 26.9 Å². The quantitative estimate of drug-likeness (QED) is 0.808. The Labute approximate surface area is 104 Å². The molecule has 1 unspecified atom stereocenters. The van der Waals surface area contributed by atoms with Crippen molar-refractivity contribution in [2.45, 2.75) is 26.9 Å². The molecule has 1 atom stereocenters. The third kappa shape index (κ3) is 1.68. The number of benzene rings is 1. The minimum Gasteiger partial charge on any atom is -0.464 e. The summed E-state index contributed by atoms with van der Waals surface area (Å²) in [6.45, 7) is 6.19. The van der Waals surface area contributed by atoms with Gasteiger partial charge in [-0.3, -0.25) is 0 Å². The number of ether oxygens (including phenoxy) is 1. The number of halogens is 1. The molecule has 0 aliphatic rings. The molecule has 2 rings (SSSR count). The molecule has 0 radical (unpaired) electrons. The largest absolute Gasteiger partial charge is 0.464 e. The molecule has 0 bridgehead atoms. The average Bonchev–Trinajstić information content (AvgIpc) is 2.68. The maximum Gasteiger partial charge on any atom is 0.134 e. The molecule has 0 aliphatic carbocycles. The van der Waals surface area contributed by atoms with Crippen LogP contribution < -0.4 is 0 Å². The summed E-state index contributed by atoms with van der Waals surface area (Å²) in [5.41, 5.74) is 4.44. The molecule has 0 spiro atoms. The Balaban J connectivity index is 2.76. The lowest BCUT2D eigenvalue weighted by Crippen LogP contribution is -1.95. The number of fused-ring (bicyclic) bond motifs is 1. The Morgan fingerprint density at radius 1 is 1.38 bits per heavy atom. The van der Waals surface area contributed by atoms with Crippen LogP contribution in [0.25, 0.3) is 11.0 Å². The van der Waals surface area contributed by atoms with Crippen LogP contribution in [0.3, 0.4) is 0 Å². The molecule has 1 heterocycles. The predicted octanol–water partition coefficient (Wildman–Crippen LogP) is 4.52. The highest BCUT2D eigenvalue weighted by Gasteiger charge is 2.16. The first-order valence-corrected chi connectivity index (χ1v) is 6.05. The molecule has 1 aromatic carbocycles. The Morgan fingerprint density at radius 3 is 2.69 bits per heavy atom. The second-order valence-electron chi connectivity index (χ2n) is 4.07. The molecule has 3 heteroatoms. The monoisotopic (exact) mass is 282 g/mol. The minimum atomic E-state index is 0.0505. The van der Waals surface area contributed by atoms with Gasteiger partial charge in [0.2, 0.25) is 0 Å². The third-order valence-corrected chi connectivity index (χ3v) is 4.26. The lowest BCUT2D eigenvalue weighted by atomic mass is 10.0. The standard InChI is InChI=1S/C13H15BrO2/c1-7-5-11-12(8(2)13(7)14)10(6-16-11)9(3)15-4/h5-6,9H,1-4H3. The molecule has 0 fully saturated rings. The van der Waals surface area contributed by atoms with Gasteiger partial charge >= 0.3 is 0 Å². The van der Waals surface area contributed by atoms with Crippen LogP contribution in [-0.2, 0) is 4.74 Å². The number of aryl methyl sites for hydroxylation is 2. The van der Waals surface area contributed by atoms with Crippen LogP contribution in [0, 0.1) is 13.8 Å². The van der Waals surface area contributed by atoms with Crippen LogP contribution in [0.1, 0.15) is 29.7 Å². The van der Waals surface area contributed by atoms with Crippen LogP contribution >= 0.6 is 15.9 Å². The van der Waals surface area contributed by atoms with E-state index in [1.54, 1.807) is 13.4 Å². The smallest absolute Gasteiger partial charge is 0.134 e. The summed E-state index contributed by atoms with van der Waals surface area (Å²) >= 11 is 3.61. The molecule has 2 nitrogen and oxygen atoms in total. The molecule has 0 aliphatic heterocycles. The van der Waals surface area contributed by atoms with Gasteiger partial charge in [0.05, 0.1) is 12.4 Å². The molecule has 0 N–H and O–H groups in total. The highest BCUT2D eigenvalue weighted by atomic mass is 79.9. The first-order valence-electron chi connectivity index (χ1n) is 5.25. The van der Waals surface area contributed by atoms with Crippen molar-refractivity contribution in [3.8, 4) is 0 Å². The number of methoxy groups -OCH3 is 1. The van der Waals surface area contributed by atoms with E-state index in [1.807, 2.05) is 6.92 Å². The van der Waals surface area contributed by atoms with Gasteiger partial charge < -0.3 is 9.15 Å². The SMILES string of the molecule is COC(C)c1coc2cc(C)c(Br)c(C)c12. The van der Waals surface area contributed by atoms with Gasteiger partial charge in [-0.25, -0.2) is 0 Å². The summed E-state index contributed by atoms with van der Waals surface area (Å²) in [6, 6.07) is 2.05. The van der Waals surface area contributed by atoms with E-state index in [1.165, 1.54) is 11.1 Å². The summed E-state index contributed by atoms with van der Waals surface area (Å²) in [4.78, 5) is 0. The van der Waals surface area contributed by atoms with Gasteiger partial charge in [-0.05, 0) is 38.0 Å². The van der Waals surface area contributed by atoms with E-state index >= 15 is 0 Å². The van der Waals surface area contributed by atoms with E-state index in [4.69, 9.17) is 9.15 Å². The Bertz CT molecular complexity index is 528. The molecule has 86 valence electrons. The molecule has 1 aromatic heterocycles. The van der Waals surface area contributed by atoms with Gasteiger partial charge in [-0.2, -0.15) is 0 Å². The summed E-state index contributed by atoms with van der Waals surface area (Å²) in [7, 11) is 1.71. The molecular weight excluding hydrogens is 268 g/mol. The zero-order valence-electron chi connectivity index (χ0n) is 9.93. The van der Waals surface area contributed by atoms with Crippen molar-refractivity contribution in [2.24, 2.45) is 0 Å². The number of hydrogen-bond acceptors (Lipinski definition) is 2. The van der Waals surface area contributed by atoms with Crippen molar-refractivity contribution in [2.75, 3.05) is 7.11 Å². The summed E-state index contributed by atoms with van der Waals surface area (Å²) in [6.07, 6.45) is 1.84. The Morgan fingerprint density at radius 2 is 2.06 bits per heavy atom. The van der Waals surface area contributed by atoms with Gasteiger partial charge in [0.15, 0.2) is 0 Å². The van der Waals surface area contributed by atoms with Gasteiger partial charge in [-0.1, -0.05) is 15.9 Å². The highest BCUT2D eigenvalue weighted by molar-refractivity contribution is 9.10.